The summed E-state index contributed by atoms with van der Waals surface area (Å²) in [7, 11) is 1.31. The van der Waals surface area contributed by atoms with E-state index in [1.165, 1.54) is 7.11 Å². The first kappa shape index (κ1) is 16.2. The molecular weight excluding hydrogens is 256 g/mol. The largest absolute Gasteiger partial charge is 0.465 e. The third-order valence-electron chi connectivity index (χ3n) is 3.13. The number of carbonyl (C=O) groups is 2. The maximum atomic E-state index is 11.9. The van der Waals surface area contributed by atoms with Crippen LogP contribution in [0, 0.1) is 5.92 Å². The Balaban J connectivity index is 2.60. The second-order valence-electron chi connectivity index (χ2n) is 4.81. The van der Waals surface area contributed by atoms with E-state index in [1.807, 2.05) is 0 Å². The predicted molar refractivity (Wildman–Crippen MR) is 78.5 cm³/mol. The molecule has 20 heavy (non-hydrogen) atoms. The molecule has 1 aromatic rings. The number of anilines is 1. The second kappa shape index (κ2) is 8.32. The van der Waals surface area contributed by atoms with Gasteiger partial charge in [0.15, 0.2) is 0 Å². The van der Waals surface area contributed by atoms with E-state index in [0.29, 0.717) is 30.1 Å². The zero-order valence-corrected chi connectivity index (χ0v) is 12.0. The Bertz CT molecular complexity index is 460. The molecule has 0 aliphatic carbocycles. The van der Waals surface area contributed by atoms with Gasteiger partial charge in [0.1, 0.15) is 0 Å². The number of esters is 1. The molecule has 5 heteroatoms. The van der Waals surface area contributed by atoms with Crippen LogP contribution >= 0.6 is 0 Å². The van der Waals surface area contributed by atoms with Crippen molar-refractivity contribution < 1.29 is 14.3 Å². The van der Waals surface area contributed by atoms with Crippen molar-refractivity contribution in [2.75, 3.05) is 19.0 Å². The van der Waals surface area contributed by atoms with Gasteiger partial charge in [-0.25, -0.2) is 4.79 Å². The highest BCUT2D eigenvalue weighted by molar-refractivity contribution is 6.01. The van der Waals surface area contributed by atoms with E-state index in [4.69, 9.17) is 5.73 Å². The SMILES string of the molecule is COC(=O)c1ccccc1NC(=O)CCC(C)CCN. The molecule has 1 unspecified atom stereocenters. The summed E-state index contributed by atoms with van der Waals surface area (Å²) in [6, 6.07) is 6.80. The minimum Gasteiger partial charge on any atom is -0.465 e. The zero-order valence-electron chi connectivity index (χ0n) is 12.0. The van der Waals surface area contributed by atoms with Crippen LogP contribution in [0.5, 0.6) is 0 Å². The minimum absolute atomic E-state index is 0.106. The van der Waals surface area contributed by atoms with Gasteiger partial charge in [-0.3, -0.25) is 4.79 Å². The molecule has 0 bridgehead atoms. The van der Waals surface area contributed by atoms with Crippen molar-refractivity contribution in [1.29, 1.82) is 0 Å². The Kier molecular flexibility index (Phi) is 6.73. The van der Waals surface area contributed by atoms with E-state index < -0.39 is 5.97 Å². The van der Waals surface area contributed by atoms with Crippen LogP contribution in [-0.4, -0.2) is 25.5 Å². The second-order valence-corrected chi connectivity index (χ2v) is 4.81. The van der Waals surface area contributed by atoms with E-state index in [0.717, 1.165) is 12.8 Å². The zero-order chi connectivity index (χ0) is 15.0. The smallest absolute Gasteiger partial charge is 0.339 e. The predicted octanol–water partition coefficient (Wildman–Crippen LogP) is 2.18. The Morgan fingerprint density at radius 2 is 2.00 bits per heavy atom. The van der Waals surface area contributed by atoms with Gasteiger partial charge in [0.25, 0.3) is 0 Å². The van der Waals surface area contributed by atoms with Crippen LogP contribution < -0.4 is 11.1 Å². The minimum atomic E-state index is -0.461. The molecule has 1 rings (SSSR count). The molecule has 1 atom stereocenters. The van der Waals surface area contributed by atoms with Gasteiger partial charge in [0.05, 0.1) is 18.4 Å². The lowest BCUT2D eigenvalue weighted by Crippen LogP contribution is -2.16. The van der Waals surface area contributed by atoms with Crippen LogP contribution in [0.3, 0.4) is 0 Å². The lowest BCUT2D eigenvalue weighted by Gasteiger charge is -2.11. The summed E-state index contributed by atoms with van der Waals surface area (Å²) in [6.07, 6.45) is 2.10. The van der Waals surface area contributed by atoms with Gasteiger partial charge < -0.3 is 15.8 Å². The summed E-state index contributed by atoms with van der Waals surface area (Å²) >= 11 is 0. The number of nitrogens with two attached hydrogens (primary N) is 1. The van der Waals surface area contributed by atoms with Gasteiger partial charge in [0, 0.05) is 6.42 Å². The van der Waals surface area contributed by atoms with Crippen LogP contribution in [0.1, 0.15) is 36.5 Å². The third kappa shape index (κ3) is 5.01. The third-order valence-corrected chi connectivity index (χ3v) is 3.13. The van der Waals surface area contributed by atoms with Gasteiger partial charge in [-0.05, 0) is 37.4 Å². The van der Waals surface area contributed by atoms with Gasteiger partial charge >= 0.3 is 5.97 Å². The van der Waals surface area contributed by atoms with Crippen molar-refractivity contribution in [1.82, 2.24) is 0 Å². The Labute approximate surface area is 119 Å². The highest BCUT2D eigenvalue weighted by Crippen LogP contribution is 2.17. The summed E-state index contributed by atoms with van der Waals surface area (Å²) in [6.45, 7) is 2.70. The van der Waals surface area contributed by atoms with E-state index >= 15 is 0 Å². The van der Waals surface area contributed by atoms with Crippen molar-refractivity contribution in [2.45, 2.75) is 26.2 Å². The lowest BCUT2D eigenvalue weighted by atomic mass is 10.0. The van der Waals surface area contributed by atoms with E-state index in [9.17, 15) is 9.59 Å². The lowest BCUT2D eigenvalue weighted by molar-refractivity contribution is -0.116. The van der Waals surface area contributed by atoms with Crippen molar-refractivity contribution in [2.24, 2.45) is 11.7 Å². The fraction of sp³-hybridized carbons (Fsp3) is 0.467. The molecule has 0 spiro atoms. The molecule has 0 fully saturated rings. The van der Waals surface area contributed by atoms with Crippen LogP contribution in [0.25, 0.3) is 0 Å². The first-order valence-corrected chi connectivity index (χ1v) is 6.75. The molecular formula is C15H22N2O3. The number of methoxy groups -OCH3 is 1. The first-order chi connectivity index (χ1) is 9.58. The number of benzene rings is 1. The van der Waals surface area contributed by atoms with Crippen molar-refractivity contribution in [3.8, 4) is 0 Å². The number of para-hydroxylation sites is 1. The van der Waals surface area contributed by atoms with Gasteiger partial charge in [-0.15, -0.1) is 0 Å². The maximum absolute atomic E-state index is 11.9. The van der Waals surface area contributed by atoms with E-state index in [1.54, 1.807) is 24.3 Å². The summed E-state index contributed by atoms with van der Waals surface area (Å²) in [4.78, 5) is 23.5. The average Bonchev–Trinajstić information content (AvgIpc) is 2.45. The normalized spacial score (nSPS) is 11.8. The molecule has 0 heterocycles. The van der Waals surface area contributed by atoms with Gasteiger partial charge in [-0.2, -0.15) is 0 Å². The molecule has 0 saturated heterocycles. The summed E-state index contributed by atoms with van der Waals surface area (Å²) in [5.74, 6) is -0.149. The van der Waals surface area contributed by atoms with E-state index in [2.05, 4.69) is 17.0 Å². The van der Waals surface area contributed by atoms with Crippen molar-refractivity contribution in [3.05, 3.63) is 29.8 Å². The quantitative estimate of drug-likeness (QED) is 0.749. The topological polar surface area (TPSA) is 81.4 Å². The Morgan fingerprint density at radius 3 is 2.65 bits per heavy atom. The van der Waals surface area contributed by atoms with E-state index in [-0.39, 0.29) is 5.91 Å². The summed E-state index contributed by atoms with van der Waals surface area (Å²) in [5.41, 5.74) is 6.32. The van der Waals surface area contributed by atoms with Crippen molar-refractivity contribution >= 4 is 17.6 Å². The fourth-order valence-corrected chi connectivity index (χ4v) is 1.90. The summed E-state index contributed by atoms with van der Waals surface area (Å²) in [5, 5.41) is 2.75. The van der Waals surface area contributed by atoms with Crippen LogP contribution in [-0.2, 0) is 9.53 Å². The highest BCUT2D eigenvalue weighted by atomic mass is 16.5. The molecule has 110 valence electrons. The number of ether oxygens (including phenoxy) is 1. The maximum Gasteiger partial charge on any atom is 0.339 e. The number of hydrogen-bond acceptors (Lipinski definition) is 4. The van der Waals surface area contributed by atoms with Gasteiger partial charge in [-0.1, -0.05) is 19.1 Å². The first-order valence-electron chi connectivity index (χ1n) is 6.75. The van der Waals surface area contributed by atoms with Gasteiger partial charge in [0.2, 0.25) is 5.91 Å². The van der Waals surface area contributed by atoms with Crippen LogP contribution in [0.2, 0.25) is 0 Å². The molecule has 0 aromatic heterocycles. The van der Waals surface area contributed by atoms with Crippen LogP contribution in [0.4, 0.5) is 5.69 Å². The number of hydrogen-bond donors (Lipinski definition) is 2. The number of rotatable bonds is 7. The monoisotopic (exact) mass is 278 g/mol. The molecule has 1 amide bonds. The molecule has 0 saturated carbocycles. The van der Waals surface area contributed by atoms with Crippen molar-refractivity contribution in [3.63, 3.8) is 0 Å². The summed E-state index contributed by atoms with van der Waals surface area (Å²) < 4.78 is 4.68. The molecule has 5 nitrogen and oxygen atoms in total. The fourth-order valence-electron chi connectivity index (χ4n) is 1.90. The molecule has 3 N–H and O–H groups in total. The number of amides is 1. The molecule has 0 radical (unpaired) electrons. The Morgan fingerprint density at radius 1 is 1.30 bits per heavy atom. The standard InChI is InChI=1S/C15H22N2O3/c1-11(9-10-16)7-8-14(18)17-13-6-4-3-5-12(13)15(19)20-2/h3-6,11H,7-10,16H2,1-2H3,(H,17,18). The number of carbonyl (C=O) groups excluding carboxylic acids is 2. The molecule has 0 aliphatic heterocycles. The highest BCUT2D eigenvalue weighted by Gasteiger charge is 2.13. The van der Waals surface area contributed by atoms with Crippen LogP contribution in [0.15, 0.2) is 24.3 Å². The number of nitrogens with one attached hydrogen (secondary N) is 1. The average molecular weight is 278 g/mol. The molecule has 0 aliphatic rings. The molecule has 1 aromatic carbocycles. The Hall–Kier alpha value is -1.88.